The van der Waals surface area contributed by atoms with Crippen LogP contribution in [0.25, 0.3) is 0 Å². The molecule has 1 amide bonds. The zero-order valence-electron chi connectivity index (χ0n) is 10.2. The van der Waals surface area contributed by atoms with Crippen LogP contribution in [0.4, 0.5) is 0 Å². The van der Waals surface area contributed by atoms with Crippen molar-refractivity contribution in [1.82, 2.24) is 10.6 Å². The van der Waals surface area contributed by atoms with Crippen LogP contribution in [0.3, 0.4) is 0 Å². The summed E-state index contributed by atoms with van der Waals surface area (Å²) in [6.45, 7) is 9.23. The first-order valence-corrected chi connectivity index (χ1v) is 6.03. The van der Waals surface area contributed by atoms with E-state index in [1.165, 1.54) is 0 Å². The molecule has 0 aromatic carbocycles. The summed E-state index contributed by atoms with van der Waals surface area (Å²) in [6.07, 6.45) is 3.25. The van der Waals surface area contributed by atoms with Gasteiger partial charge in [-0.05, 0) is 31.2 Å². The van der Waals surface area contributed by atoms with Gasteiger partial charge >= 0.3 is 0 Å². The molecule has 1 saturated heterocycles. The molecule has 15 heavy (non-hydrogen) atoms. The van der Waals surface area contributed by atoms with E-state index in [4.69, 9.17) is 0 Å². The van der Waals surface area contributed by atoms with Crippen LogP contribution in [-0.2, 0) is 4.79 Å². The SMILES string of the molecule is CCC(C)(C)CNC(=O)[C@H]1CCCNC1. The Morgan fingerprint density at radius 3 is 2.80 bits per heavy atom. The van der Waals surface area contributed by atoms with Gasteiger partial charge in [0.2, 0.25) is 5.91 Å². The Morgan fingerprint density at radius 2 is 2.27 bits per heavy atom. The van der Waals surface area contributed by atoms with Crippen molar-refractivity contribution in [2.24, 2.45) is 11.3 Å². The number of nitrogens with one attached hydrogen (secondary N) is 2. The molecular formula is C12H24N2O. The van der Waals surface area contributed by atoms with Gasteiger partial charge in [-0.2, -0.15) is 0 Å². The van der Waals surface area contributed by atoms with E-state index in [2.05, 4.69) is 31.4 Å². The van der Waals surface area contributed by atoms with Crippen LogP contribution in [0.5, 0.6) is 0 Å². The zero-order chi connectivity index (χ0) is 11.3. The third kappa shape index (κ3) is 4.20. The molecule has 0 aliphatic carbocycles. The molecule has 3 heteroatoms. The first-order chi connectivity index (χ1) is 7.05. The van der Waals surface area contributed by atoms with E-state index in [0.29, 0.717) is 0 Å². The Bertz CT molecular complexity index is 208. The van der Waals surface area contributed by atoms with Gasteiger partial charge in [0.25, 0.3) is 0 Å². The number of rotatable bonds is 4. The summed E-state index contributed by atoms with van der Waals surface area (Å²) >= 11 is 0. The van der Waals surface area contributed by atoms with Crippen molar-refractivity contribution in [3.63, 3.8) is 0 Å². The minimum absolute atomic E-state index is 0.186. The highest BCUT2D eigenvalue weighted by Crippen LogP contribution is 2.18. The van der Waals surface area contributed by atoms with Crippen LogP contribution in [-0.4, -0.2) is 25.5 Å². The minimum Gasteiger partial charge on any atom is -0.355 e. The Hall–Kier alpha value is -0.570. The molecule has 1 atom stereocenters. The van der Waals surface area contributed by atoms with Gasteiger partial charge < -0.3 is 10.6 Å². The molecule has 2 N–H and O–H groups in total. The van der Waals surface area contributed by atoms with Crippen molar-refractivity contribution >= 4 is 5.91 Å². The summed E-state index contributed by atoms with van der Waals surface area (Å²) in [5.74, 6) is 0.412. The van der Waals surface area contributed by atoms with Gasteiger partial charge in [0.15, 0.2) is 0 Å². The van der Waals surface area contributed by atoms with Gasteiger partial charge in [-0.25, -0.2) is 0 Å². The summed E-state index contributed by atoms with van der Waals surface area (Å²) < 4.78 is 0. The van der Waals surface area contributed by atoms with Crippen molar-refractivity contribution in [3.8, 4) is 0 Å². The molecule has 0 aromatic rings. The molecule has 0 aromatic heterocycles. The van der Waals surface area contributed by atoms with Crippen LogP contribution in [0.1, 0.15) is 40.0 Å². The average Bonchev–Trinajstić information content (AvgIpc) is 2.27. The molecule has 0 unspecified atom stereocenters. The highest BCUT2D eigenvalue weighted by atomic mass is 16.1. The van der Waals surface area contributed by atoms with Gasteiger partial charge in [0.1, 0.15) is 0 Å². The fraction of sp³-hybridized carbons (Fsp3) is 0.917. The number of hydrogen-bond donors (Lipinski definition) is 2. The normalized spacial score (nSPS) is 22.5. The second-order valence-electron chi connectivity index (χ2n) is 5.28. The van der Waals surface area contributed by atoms with E-state index < -0.39 is 0 Å². The van der Waals surface area contributed by atoms with Crippen LogP contribution >= 0.6 is 0 Å². The number of carbonyl (C=O) groups is 1. The fourth-order valence-corrected chi connectivity index (χ4v) is 1.67. The molecule has 1 fully saturated rings. The molecule has 0 saturated carbocycles. The second kappa shape index (κ2) is 5.50. The highest BCUT2D eigenvalue weighted by molar-refractivity contribution is 5.79. The fourth-order valence-electron chi connectivity index (χ4n) is 1.67. The van der Waals surface area contributed by atoms with Crippen molar-refractivity contribution in [1.29, 1.82) is 0 Å². The molecule has 1 heterocycles. The topological polar surface area (TPSA) is 41.1 Å². The van der Waals surface area contributed by atoms with Gasteiger partial charge in [-0.3, -0.25) is 4.79 Å². The Kier molecular flexibility index (Phi) is 4.58. The Morgan fingerprint density at radius 1 is 1.53 bits per heavy atom. The molecule has 3 nitrogen and oxygen atoms in total. The number of hydrogen-bond acceptors (Lipinski definition) is 2. The maximum absolute atomic E-state index is 11.8. The lowest BCUT2D eigenvalue weighted by Crippen LogP contribution is -2.43. The molecule has 1 rings (SSSR count). The molecule has 0 bridgehead atoms. The lowest BCUT2D eigenvalue weighted by atomic mass is 9.90. The third-order valence-electron chi connectivity index (χ3n) is 3.37. The van der Waals surface area contributed by atoms with Crippen molar-refractivity contribution < 1.29 is 4.79 Å². The van der Waals surface area contributed by atoms with Crippen LogP contribution in [0, 0.1) is 11.3 Å². The van der Waals surface area contributed by atoms with Crippen molar-refractivity contribution in [3.05, 3.63) is 0 Å². The lowest BCUT2D eigenvalue weighted by molar-refractivity contribution is -0.125. The second-order valence-corrected chi connectivity index (χ2v) is 5.28. The van der Waals surface area contributed by atoms with Crippen LogP contribution < -0.4 is 10.6 Å². The van der Waals surface area contributed by atoms with Gasteiger partial charge in [-0.15, -0.1) is 0 Å². The number of carbonyl (C=O) groups excluding carboxylic acids is 1. The third-order valence-corrected chi connectivity index (χ3v) is 3.37. The van der Waals surface area contributed by atoms with Crippen molar-refractivity contribution in [2.75, 3.05) is 19.6 Å². The lowest BCUT2D eigenvalue weighted by Gasteiger charge is -2.26. The number of amides is 1. The van der Waals surface area contributed by atoms with E-state index in [9.17, 15) is 4.79 Å². The molecular weight excluding hydrogens is 188 g/mol. The van der Waals surface area contributed by atoms with Crippen LogP contribution in [0.15, 0.2) is 0 Å². The highest BCUT2D eigenvalue weighted by Gasteiger charge is 2.23. The largest absolute Gasteiger partial charge is 0.355 e. The molecule has 0 spiro atoms. The summed E-state index contributed by atoms with van der Waals surface area (Å²) in [5.41, 5.74) is 0.220. The van der Waals surface area contributed by atoms with E-state index in [-0.39, 0.29) is 17.2 Å². The van der Waals surface area contributed by atoms with E-state index in [1.807, 2.05) is 0 Å². The zero-order valence-corrected chi connectivity index (χ0v) is 10.2. The standard InChI is InChI=1S/C12H24N2O/c1-4-12(2,3)9-14-11(15)10-6-5-7-13-8-10/h10,13H,4-9H2,1-3H3,(H,14,15)/t10-/m0/s1. The smallest absolute Gasteiger partial charge is 0.224 e. The van der Waals surface area contributed by atoms with E-state index in [0.717, 1.165) is 38.9 Å². The molecule has 88 valence electrons. The summed E-state index contributed by atoms with van der Waals surface area (Å²) in [6, 6.07) is 0. The van der Waals surface area contributed by atoms with E-state index >= 15 is 0 Å². The van der Waals surface area contributed by atoms with Gasteiger partial charge in [0.05, 0.1) is 5.92 Å². The summed E-state index contributed by atoms with van der Waals surface area (Å²) in [7, 11) is 0. The predicted molar refractivity (Wildman–Crippen MR) is 62.7 cm³/mol. The van der Waals surface area contributed by atoms with Gasteiger partial charge in [0, 0.05) is 13.1 Å². The van der Waals surface area contributed by atoms with Crippen molar-refractivity contribution in [2.45, 2.75) is 40.0 Å². The number of piperidine rings is 1. The molecule has 1 aliphatic rings. The minimum atomic E-state index is 0.186. The Balaban J connectivity index is 2.28. The molecule has 1 aliphatic heterocycles. The summed E-state index contributed by atoms with van der Waals surface area (Å²) in [5, 5.41) is 6.33. The average molecular weight is 212 g/mol. The summed E-state index contributed by atoms with van der Waals surface area (Å²) in [4.78, 5) is 11.8. The predicted octanol–water partition coefficient (Wildman–Crippen LogP) is 1.54. The molecule has 0 radical (unpaired) electrons. The maximum atomic E-state index is 11.8. The van der Waals surface area contributed by atoms with E-state index in [1.54, 1.807) is 0 Å². The first kappa shape index (κ1) is 12.5. The van der Waals surface area contributed by atoms with Crippen LogP contribution in [0.2, 0.25) is 0 Å². The monoisotopic (exact) mass is 212 g/mol. The first-order valence-electron chi connectivity index (χ1n) is 6.03. The van der Waals surface area contributed by atoms with Gasteiger partial charge in [-0.1, -0.05) is 20.8 Å². The quantitative estimate of drug-likeness (QED) is 0.742. The maximum Gasteiger partial charge on any atom is 0.224 e. The Labute approximate surface area is 93.0 Å².